The number of nitrogens with two attached hydrogens (primary N) is 2. The van der Waals surface area contributed by atoms with Gasteiger partial charge in [0.05, 0.1) is 12.5 Å². The highest BCUT2D eigenvalue weighted by atomic mass is 16.5. The lowest BCUT2D eigenvalue weighted by Gasteiger charge is -2.25. The summed E-state index contributed by atoms with van der Waals surface area (Å²) in [4.78, 5) is 24.0. The van der Waals surface area contributed by atoms with Gasteiger partial charge in [0, 0.05) is 34.3 Å². The van der Waals surface area contributed by atoms with Crippen LogP contribution in [-0.4, -0.2) is 23.5 Å². The van der Waals surface area contributed by atoms with Gasteiger partial charge < -0.3 is 20.8 Å². The van der Waals surface area contributed by atoms with Crippen LogP contribution in [-0.2, 0) is 17.8 Å². The third-order valence-corrected chi connectivity index (χ3v) is 5.46. The van der Waals surface area contributed by atoms with Crippen LogP contribution in [0.4, 0.5) is 0 Å². The summed E-state index contributed by atoms with van der Waals surface area (Å²) in [6, 6.07) is 13.3. The van der Waals surface area contributed by atoms with E-state index < -0.39 is 11.3 Å². The maximum atomic E-state index is 12.3. The Bertz CT molecular complexity index is 1100. The molecule has 1 atom stereocenters. The summed E-state index contributed by atoms with van der Waals surface area (Å²) >= 11 is 0. The van der Waals surface area contributed by atoms with Crippen LogP contribution in [0.1, 0.15) is 22.8 Å². The van der Waals surface area contributed by atoms with Crippen LogP contribution < -0.4 is 16.2 Å². The summed E-state index contributed by atoms with van der Waals surface area (Å²) in [5, 5.41) is 0.977. The fourth-order valence-corrected chi connectivity index (χ4v) is 3.88. The first-order valence-corrected chi connectivity index (χ1v) is 8.73. The molecule has 3 aromatic rings. The van der Waals surface area contributed by atoms with Gasteiger partial charge in [-0.3, -0.25) is 9.59 Å². The van der Waals surface area contributed by atoms with Gasteiger partial charge in [0.1, 0.15) is 5.75 Å². The van der Waals surface area contributed by atoms with Crippen LogP contribution in [0, 0.1) is 5.41 Å². The van der Waals surface area contributed by atoms with Gasteiger partial charge in [-0.05, 0) is 55.3 Å². The minimum atomic E-state index is -0.777. The Balaban J connectivity index is 2.04. The molecule has 0 bridgehead atoms. The summed E-state index contributed by atoms with van der Waals surface area (Å²) in [6.45, 7) is 2.29. The number of fused-ring (bicyclic) bond motifs is 5. The minimum Gasteiger partial charge on any atom is -0.497 e. The molecule has 27 heavy (non-hydrogen) atoms. The molecular formula is C21H21N3O3. The smallest absolute Gasteiger partial charge is 0.248 e. The molecule has 2 aromatic carbocycles. The van der Waals surface area contributed by atoms with E-state index in [9.17, 15) is 9.59 Å². The third kappa shape index (κ3) is 2.65. The number of hydrogen-bond acceptors (Lipinski definition) is 3. The van der Waals surface area contributed by atoms with Crippen LogP contribution in [0.15, 0.2) is 42.5 Å². The summed E-state index contributed by atoms with van der Waals surface area (Å²) < 4.78 is 7.42. The Kier molecular flexibility index (Phi) is 3.73. The number of benzene rings is 2. The molecular weight excluding hydrogens is 342 g/mol. The number of methoxy groups -OCH3 is 1. The highest BCUT2D eigenvalue weighted by molar-refractivity contribution is 5.98. The Morgan fingerprint density at radius 3 is 2.56 bits per heavy atom. The van der Waals surface area contributed by atoms with E-state index in [1.165, 1.54) is 0 Å². The summed E-state index contributed by atoms with van der Waals surface area (Å²) in [5.74, 6) is -0.109. The van der Waals surface area contributed by atoms with Gasteiger partial charge in [-0.2, -0.15) is 0 Å². The molecule has 4 rings (SSSR count). The molecule has 1 aromatic heterocycles. The van der Waals surface area contributed by atoms with Gasteiger partial charge in [0.25, 0.3) is 0 Å². The lowest BCUT2D eigenvalue weighted by Crippen LogP contribution is -2.39. The van der Waals surface area contributed by atoms with Crippen molar-refractivity contribution in [2.45, 2.75) is 19.9 Å². The van der Waals surface area contributed by atoms with E-state index >= 15 is 0 Å². The van der Waals surface area contributed by atoms with Crippen molar-refractivity contribution in [3.8, 4) is 17.0 Å². The van der Waals surface area contributed by atoms with E-state index in [0.29, 0.717) is 18.5 Å². The topological polar surface area (TPSA) is 100 Å². The van der Waals surface area contributed by atoms with Crippen LogP contribution >= 0.6 is 0 Å². The van der Waals surface area contributed by atoms with Crippen molar-refractivity contribution >= 4 is 22.7 Å². The van der Waals surface area contributed by atoms with Crippen molar-refractivity contribution in [2.24, 2.45) is 16.9 Å². The van der Waals surface area contributed by atoms with Crippen molar-refractivity contribution < 1.29 is 14.3 Å². The molecule has 1 aliphatic heterocycles. The number of aromatic nitrogens is 1. The first kappa shape index (κ1) is 17.1. The molecule has 0 spiro atoms. The molecule has 2 amide bonds. The molecule has 0 saturated carbocycles. The fourth-order valence-electron chi connectivity index (χ4n) is 3.88. The van der Waals surface area contributed by atoms with E-state index in [-0.39, 0.29) is 5.91 Å². The van der Waals surface area contributed by atoms with E-state index in [1.807, 2.05) is 31.2 Å². The maximum Gasteiger partial charge on any atom is 0.248 e. The molecule has 2 heterocycles. The minimum absolute atomic E-state index is 0.364. The number of carbonyl (C=O) groups excluding carboxylic acids is 2. The zero-order valence-electron chi connectivity index (χ0n) is 15.3. The first-order valence-electron chi connectivity index (χ1n) is 8.73. The number of primary amides is 2. The zero-order valence-corrected chi connectivity index (χ0v) is 15.3. The average Bonchev–Trinajstić information content (AvgIpc) is 2.92. The molecule has 6 heteroatoms. The lowest BCUT2D eigenvalue weighted by molar-refractivity contribution is -0.127. The predicted octanol–water partition coefficient (Wildman–Crippen LogP) is 2.46. The second-order valence-corrected chi connectivity index (χ2v) is 7.38. The van der Waals surface area contributed by atoms with E-state index in [4.69, 9.17) is 16.2 Å². The second kappa shape index (κ2) is 5.87. The normalized spacial score (nSPS) is 18.4. The number of hydrogen-bond donors (Lipinski definition) is 2. The van der Waals surface area contributed by atoms with Crippen molar-refractivity contribution in [1.82, 2.24) is 4.57 Å². The Hall–Kier alpha value is -3.28. The number of nitrogens with zero attached hydrogens (tertiary/aromatic N) is 1. The SMILES string of the molecule is COc1ccc2c(c1)CC(C)(C(N)=O)Cn1c-2cc2ccc(C(N)=O)cc21. The molecule has 0 aliphatic carbocycles. The Labute approximate surface area is 156 Å². The van der Waals surface area contributed by atoms with Gasteiger partial charge >= 0.3 is 0 Å². The first-order chi connectivity index (χ1) is 12.8. The van der Waals surface area contributed by atoms with E-state index in [0.717, 1.165) is 33.5 Å². The van der Waals surface area contributed by atoms with Crippen LogP contribution in [0.2, 0.25) is 0 Å². The summed E-state index contributed by atoms with van der Waals surface area (Å²) in [5.41, 5.74) is 14.8. The van der Waals surface area contributed by atoms with Gasteiger partial charge in [-0.1, -0.05) is 6.07 Å². The quantitative estimate of drug-likeness (QED) is 0.747. The van der Waals surface area contributed by atoms with Gasteiger partial charge in [-0.25, -0.2) is 0 Å². The van der Waals surface area contributed by atoms with Gasteiger partial charge in [0.2, 0.25) is 11.8 Å². The standard InChI is InChI=1S/C21H21N3O3/c1-21(20(23)26)10-14-7-15(27-2)5-6-16(14)18-8-12-3-4-13(19(22)25)9-17(12)24(18)11-21/h3-9H,10-11H2,1-2H3,(H2,22,25)(H2,23,26). The summed E-state index contributed by atoms with van der Waals surface area (Å²) in [7, 11) is 1.62. The molecule has 4 N–H and O–H groups in total. The highest BCUT2D eigenvalue weighted by Gasteiger charge is 2.36. The fraction of sp³-hybridized carbons (Fsp3) is 0.238. The van der Waals surface area contributed by atoms with Crippen molar-refractivity contribution in [3.05, 3.63) is 53.6 Å². The molecule has 0 saturated heterocycles. The zero-order chi connectivity index (χ0) is 19.3. The molecule has 0 radical (unpaired) electrons. The molecule has 0 fully saturated rings. The molecule has 138 valence electrons. The van der Waals surface area contributed by atoms with E-state index in [1.54, 1.807) is 19.2 Å². The van der Waals surface area contributed by atoms with Crippen molar-refractivity contribution in [3.63, 3.8) is 0 Å². The summed E-state index contributed by atoms with van der Waals surface area (Å²) in [6.07, 6.45) is 0.507. The van der Waals surface area contributed by atoms with Crippen LogP contribution in [0.25, 0.3) is 22.2 Å². The number of rotatable bonds is 3. The molecule has 6 nitrogen and oxygen atoms in total. The maximum absolute atomic E-state index is 12.3. The number of carbonyl (C=O) groups is 2. The van der Waals surface area contributed by atoms with E-state index in [2.05, 4.69) is 10.6 Å². The monoisotopic (exact) mass is 363 g/mol. The lowest BCUT2D eigenvalue weighted by atomic mass is 9.82. The molecule has 1 unspecified atom stereocenters. The average molecular weight is 363 g/mol. The second-order valence-electron chi connectivity index (χ2n) is 7.38. The third-order valence-electron chi connectivity index (χ3n) is 5.46. The Morgan fingerprint density at radius 1 is 1.11 bits per heavy atom. The van der Waals surface area contributed by atoms with Gasteiger partial charge in [0.15, 0.2) is 0 Å². The Morgan fingerprint density at radius 2 is 1.89 bits per heavy atom. The van der Waals surface area contributed by atoms with Crippen LogP contribution in [0.5, 0.6) is 5.75 Å². The largest absolute Gasteiger partial charge is 0.497 e. The number of amides is 2. The molecule has 1 aliphatic rings. The van der Waals surface area contributed by atoms with Crippen molar-refractivity contribution in [2.75, 3.05) is 7.11 Å². The van der Waals surface area contributed by atoms with Gasteiger partial charge in [-0.15, -0.1) is 0 Å². The number of ether oxygens (including phenoxy) is 1. The highest BCUT2D eigenvalue weighted by Crippen LogP contribution is 2.41. The predicted molar refractivity (Wildman–Crippen MR) is 103 cm³/mol. The van der Waals surface area contributed by atoms with Crippen LogP contribution in [0.3, 0.4) is 0 Å². The van der Waals surface area contributed by atoms with Crippen molar-refractivity contribution in [1.29, 1.82) is 0 Å².